The third kappa shape index (κ3) is 3.82. The Morgan fingerprint density at radius 2 is 2.14 bits per heavy atom. The summed E-state index contributed by atoms with van der Waals surface area (Å²) in [5, 5.41) is 3.56. The summed E-state index contributed by atoms with van der Waals surface area (Å²) in [7, 11) is 3.66. The summed E-state index contributed by atoms with van der Waals surface area (Å²) in [6.45, 7) is 4.74. The summed E-state index contributed by atoms with van der Waals surface area (Å²) in [6.07, 6.45) is 1.82. The lowest BCUT2D eigenvalue weighted by molar-refractivity contribution is 0.205. The van der Waals surface area contributed by atoms with E-state index >= 15 is 0 Å². The Labute approximate surface area is 129 Å². The first-order chi connectivity index (χ1) is 9.86. The Morgan fingerprint density at radius 3 is 2.67 bits per heavy atom. The van der Waals surface area contributed by atoms with Crippen LogP contribution in [-0.2, 0) is 20.1 Å². The molecule has 5 nitrogen and oxygen atoms in total. The van der Waals surface area contributed by atoms with Crippen molar-refractivity contribution in [2.75, 3.05) is 7.05 Å². The monoisotopic (exact) mass is 309 g/mol. The Balaban J connectivity index is 1.91. The molecular formula is C15H20ClN3O2. The normalized spacial score (nSPS) is 10.7. The highest BCUT2D eigenvalue weighted by Crippen LogP contribution is 2.15. The maximum absolute atomic E-state index is 12.1. The third-order valence-electron chi connectivity index (χ3n) is 3.39. The maximum atomic E-state index is 12.1. The van der Waals surface area contributed by atoms with Crippen LogP contribution < -0.4 is 5.32 Å². The van der Waals surface area contributed by atoms with Gasteiger partial charge in [0.15, 0.2) is 0 Å². The second-order valence-electron chi connectivity index (χ2n) is 5.21. The van der Waals surface area contributed by atoms with Crippen LogP contribution in [0.25, 0.3) is 0 Å². The molecule has 6 heteroatoms. The Bertz CT molecular complexity index is 645. The molecule has 0 aliphatic rings. The number of hydrogen-bond donors (Lipinski definition) is 1. The predicted octanol–water partition coefficient (Wildman–Crippen LogP) is 3.23. The number of carbonyl (C=O) groups excluding carboxylic acids is 1. The molecule has 2 aromatic rings. The lowest BCUT2D eigenvalue weighted by Crippen LogP contribution is -2.36. The summed E-state index contributed by atoms with van der Waals surface area (Å²) in [5.74, 6) is 1.69. The van der Waals surface area contributed by atoms with Crippen LogP contribution in [0.4, 0.5) is 4.79 Å². The van der Waals surface area contributed by atoms with Gasteiger partial charge in [-0.05, 0) is 26.0 Å². The van der Waals surface area contributed by atoms with Crippen molar-refractivity contribution in [2.45, 2.75) is 26.9 Å². The molecule has 0 aromatic carbocycles. The number of furan rings is 1. The van der Waals surface area contributed by atoms with Crippen LogP contribution in [0.2, 0.25) is 5.02 Å². The van der Waals surface area contributed by atoms with E-state index in [2.05, 4.69) is 5.32 Å². The van der Waals surface area contributed by atoms with Crippen molar-refractivity contribution in [1.29, 1.82) is 0 Å². The summed E-state index contributed by atoms with van der Waals surface area (Å²) in [6, 6.07) is 3.66. The molecule has 0 aliphatic carbocycles. The van der Waals surface area contributed by atoms with Gasteiger partial charge in [0, 0.05) is 38.1 Å². The largest absolute Gasteiger partial charge is 0.466 e. The van der Waals surface area contributed by atoms with Gasteiger partial charge in [-0.1, -0.05) is 11.6 Å². The molecule has 0 saturated heterocycles. The van der Waals surface area contributed by atoms with Gasteiger partial charge in [-0.15, -0.1) is 0 Å². The quantitative estimate of drug-likeness (QED) is 0.942. The molecule has 0 radical (unpaired) electrons. The number of aryl methyl sites for hydroxylation is 3. The van der Waals surface area contributed by atoms with Gasteiger partial charge in [-0.2, -0.15) is 0 Å². The molecule has 2 rings (SSSR count). The van der Waals surface area contributed by atoms with Crippen LogP contribution in [0.1, 0.15) is 22.8 Å². The molecule has 2 aromatic heterocycles. The number of halogens is 1. The van der Waals surface area contributed by atoms with Crippen molar-refractivity contribution in [3.8, 4) is 0 Å². The van der Waals surface area contributed by atoms with Crippen LogP contribution in [-0.4, -0.2) is 22.5 Å². The average molecular weight is 310 g/mol. The van der Waals surface area contributed by atoms with Crippen molar-refractivity contribution in [2.24, 2.45) is 7.05 Å². The molecular weight excluding hydrogens is 290 g/mol. The molecule has 2 heterocycles. The SMILES string of the molecule is Cc1cc(CNC(=O)N(C)Cc2cc(Cl)cn2C)c(C)o1. The maximum Gasteiger partial charge on any atom is 0.317 e. The molecule has 0 saturated carbocycles. The number of nitrogens with one attached hydrogen (secondary N) is 1. The molecule has 0 spiro atoms. The highest BCUT2D eigenvalue weighted by atomic mass is 35.5. The van der Waals surface area contributed by atoms with Gasteiger partial charge in [-0.25, -0.2) is 4.79 Å². The Kier molecular flexibility index (Phi) is 4.63. The zero-order valence-electron chi connectivity index (χ0n) is 12.7. The summed E-state index contributed by atoms with van der Waals surface area (Å²) in [5.41, 5.74) is 1.98. The van der Waals surface area contributed by atoms with Crippen molar-refractivity contribution < 1.29 is 9.21 Å². The fourth-order valence-corrected chi connectivity index (χ4v) is 2.48. The minimum atomic E-state index is -0.134. The number of rotatable bonds is 4. The van der Waals surface area contributed by atoms with E-state index in [-0.39, 0.29) is 6.03 Å². The van der Waals surface area contributed by atoms with Crippen LogP contribution in [0.15, 0.2) is 22.7 Å². The number of carbonyl (C=O) groups is 1. The van der Waals surface area contributed by atoms with Crippen LogP contribution in [0.5, 0.6) is 0 Å². The first kappa shape index (κ1) is 15.5. The Morgan fingerprint density at radius 1 is 1.43 bits per heavy atom. The minimum absolute atomic E-state index is 0.134. The summed E-state index contributed by atoms with van der Waals surface area (Å²) in [4.78, 5) is 13.7. The number of hydrogen-bond acceptors (Lipinski definition) is 2. The van der Waals surface area contributed by atoms with E-state index in [0.717, 1.165) is 22.8 Å². The Hall–Kier alpha value is -1.88. The highest BCUT2D eigenvalue weighted by Gasteiger charge is 2.12. The fraction of sp³-hybridized carbons (Fsp3) is 0.400. The van der Waals surface area contributed by atoms with Crippen LogP contribution >= 0.6 is 11.6 Å². The first-order valence-corrected chi connectivity index (χ1v) is 7.10. The van der Waals surface area contributed by atoms with Gasteiger partial charge in [0.2, 0.25) is 0 Å². The molecule has 114 valence electrons. The van der Waals surface area contributed by atoms with Gasteiger partial charge in [0.25, 0.3) is 0 Å². The van der Waals surface area contributed by atoms with E-state index in [1.807, 2.05) is 43.8 Å². The van der Waals surface area contributed by atoms with E-state index in [9.17, 15) is 4.79 Å². The lowest BCUT2D eigenvalue weighted by Gasteiger charge is -2.18. The van der Waals surface area contributed by atoms with Crippen molar-refractivity contribution in [1.82, 2.24) is 14.8 Å². The van der Waals surface area contributed by atoms with E-state index < -0.39 is 0 Å². The van der Waals surface area contributed by atoms with E-state index in [1.165, 1.54) is 0 Å². The molecule has 1 N–H and O–H groups in total. The fourth-order valence-electron chi connectivity index (χ4n) is 2.20. The van der Waals surface area contributed by atoms with Gasteiger partial charge >= 0.3 is 6.03 Å². The standard InChI is InChI=1S/C15H20ClN3O2/c1-10-5-12(11(2)21-10)7-17-15(20)19(4)9-14-6-13(16)8-18(14)3/h5-6,8H,7,9H2,1-4H3,(H,17,20). The lowest BCUT2D eigenvalue weighted by atomic mass is 10.2. The minimum Gasteiger partial charge on any atom is -0.466 e. The van der Waals surface area contributed by atoms with Gasteiger partial charge < -0.3 is 19.2 Å². The molecule has 0 atom stereocenters. The molecule has 0 bridgehead atoms. The van der Waals surface area contributed by atoms with Gasteiger partial charge in [-0.3, -0.25) is 0 Å². The first-order valence-electron chi connectivity index (χ1n) is 6.72. The highest BCUT2D eigenvalue weighted by molar-refractivity contribution is 6.30. The second kappa shape index (κ2) is 6.26. The smallest absolute Gasteiger partial charge is 0.317 e. The molecule has 0 unspecified atom stereocenters. The average Bonchev–Trinajstić information content (AvgIpc) is 2.88. The van der Waals surface area contributed by atoms with E-state index in [4.69, 9.17) is 16.0 Å². The predicted molar refractivity (Wildman–Crippen MR) is 82.3 cm³/mol. The topological polar surface area (TPSA) is 50.4 Å². The van der Waals surface area contributed by atoms with Crippen molar-refractivity contribution >= 4 is 17.6 Å². The molecule has 2 amide bonds. The zero-order valence-corrected chi connectivity index (χ0v) is 13.5. The van der Waals surface area contributed by atoms with Crippen LogP contribution in [0.3, 0.4) is 0 Å². The van der Waals surface area contributed by atoms with E-state index in [1.54, 1.807) is 11.9 Å². The van der Waals surface area contributed by atoms with Crippen LogP contribution in [0, 0.1) is 13.8 Å². The number of urea groups is 1. The van der Waals surface area contributed by atoms with E-state index in [0.29, 0.717) is 18.1 Å². The molecule has 0 fully saturated rings. The number of nitrogens with zero attached hydrogens (tertiary/aromatic N) is 2. The zero-order chi connectivity index (χ0) is 15.6. The molecule has 21 heavy (non-hydrogen) atoms. The number of amides is 2. The van der Waals surface area contributed by atoms with Gasteiger partial charge in [0.05, 0.1) is 11.6 Å². The van der Waals surface area contributed by atoms with Crippen molar-refractivity contribution in [3.63, 3.8) is 0 Å². The summed E-state index contributed by atoms with van der Waals surface area (Å²) >= 11 is 5.94. The number of aromatic nitrogens is 1. The second-order valence-corrected chi connectivity index (χ2v) is 5.65. The van der Waals surface area contributed by atoms with Gasteiger partial charge in [0.1, 0.15) is 11.5 Å². The third-order valence-corrected chi connectivity index (χ3v) is 3.60. The molecule has 0 aliphatic heterocycles. The summed E-state index contributed by atoms with van der Waals surface area (Å²) < 4.78 is 7.35. The van der Waals surface area contributed by atoms with Crippen molar-refractivity contribution in [3.05, 3.63) is 46.1 Å².